The molecule has 190 valence electrons. The fraction of sp³-hybridized carbons (Fsp3) is 0.267. The van der Waals surface area contributed by atoms with Crippen LogP contribution in [0.5, 0.6) is 5.75 Å². The third-order valence-corrected chi connectivity index (χ3v) is 6.87. The van der Waals surface area contributed by atoms with Crippen LogP contribution >= 0.6 is 0 Å². The highest BCUT2D eigenvalue weighted by atomic mass is 16.5. The van der Waals surface area contributed by atoms with Gasteiger partial charge in [-0.15, -0.1) is 0 Å². The maximum Gasteiger partial charge on any atom is 0.255 e. The number of rotatable bonds is 7. The Morgan fingerprint density at radius 2 is 1.73 bits per heavy atom. The van der Waals surface area contributed by atoms with Crippen LogP contribution in [0.15, 0.2) is 82.0 Å². The molecule has 1 unspecified atom stereocenters. The molecule has 3 aromatic carbocycles. The molecule has 7 heteroatoms. The number of fused-ring (bicyclic) bond motifs is 1. The van der Waals surface area contributed by atoms with Crippen LogP contribution in [0.25, 0.3) is 22.3 Å². The lowest BCUT2D eigenvalue weighted by molar-refractivity contribution is 0.0162. The van der Waals surface area contributed by atoms with Crippen molar-refractivity contribution in [3.8, 4) is 17.1 Å². The summed E-state index contributed by atoms with van der Waals surface area (Å²) in [6.45, 7) is 4.99. The summed E-state index contributed by atoms with van der Waals surface area (Å²) in [6, 6.07) is 22.5. The van der Waals surface area contributed by atoms with E-state index in [1.807, 2.05) is 54.6 Å². The summed E-state index contributed by atoms with van der Waals surface area (Å²) in [5.74, 6) is 0.968. The number of nitrogens with zero attached hydrogens (tertiary/aromatic N) is 1. The van der Waals surface area contributed by atoms with Crippen LogP contribution in [0, 0.1) is 6.92 Å². The number of amides is 1. The van der Waals surface area contributed by atoms with Crippen molar-refractivity contribution in [2.75, 3.05) is 40.0 Å². The summed E-state index contributed by atoms with van der Waals surface area (Å²) in [5.41, 5.74) is 2.88. The number of carbonyl (C=O) groups is 1. The number of carbonyl (C=O) groups excluding carboxylic acids is 1. The van der Waals surface area contributed by atoms with Gasteiger partial charge in [0.1, 0.15) is 11.5 Å². The Labute approximate surface area is 215 Å². The summed E-state index contributed by atoms with van der Waals surface area (Å²) in [6.07, 6.45) is 0. The third-order valence-electron chi connectivity index (χ3n) is 6.87. The van der Waals surface area contributed by atoms with Gasteiger partial charge in [-0.3, -0.25) is 14.5 Å². The van der Waals surface area contributed by atoms with Gasteiger partial charge in [0.25, 0.3) is 5.91 Å². The Balaban J connectivity index is 1.46. The van der Waals surface area contributed by atoms with E-state index < -0.39 is 0 Å². The van der Waals surface area contributed by atoms with Crippen molar-refractivity contribution in [3.05, 3.63) is 99.7 Å². The van der Waals surface area contributed by atoms with E-state index in [-0.39, 0.29) is 17.4 Å². The second-order valence-corrected chi connectivity index (χ2v) is 9.08. The first-order chi connectivity index (χ1) is 18.1. The van der Waals surface area contributed by atoms with E-state index in [1.165, 1.54) is 0 Å². The van der Waals surface area contributed by atoms with Gasteiger partial charge in [-0.2, -0.15) is 0 Å². The smallest absolute Gasteiger partial charge is 0.255 e. The fourth-order valence-corrected chi connectivity index (χ4v) is 4.81. The van der Waals surface area contributed by atoms with E-state index in [1.54, 1.807) is 32.2 Å². The highest BCUT2D eigenvalue weighted by molar-refractivity contribution is 6.05. The van der Waals surface area contributed by atoms with Crippen LogP contribution in [0.2, 0.25) is 0 Å². The van der Waals surface area contributed by atoms with Gasteiger partial charge in [0.15, 0.2) is 11.0 Å². The summed E-state index contributed by atoms with van der Waals surface area (Å²) >= 11 is 0. The molecule has 1 atom stereocenters. The molecule has 1 saturated heterocycles. The molecule has 37 heavy (non-hydrogen) atoms. The number of nitrogens with one attached hydrogen (secondary N) is 1. The lowest BCUT2D eigenvalue weighted by Crippen LogP contribution is -2.43. The maximum atomic E-state index is 13.5. The quantitative estimate of drug-likeness (QED) is 0.402. The molecule has 1 aliphatic heterocycles. The molecular formula is C30H30N2O5. The van der Waals surface area contributed by atoms with Gasteiger partial charge in [-0.25, -0.2) is 0 Å². The van der Waals surface area contributed by atoms with Crippen LogP contribution < -0.4 is 15.5 Å². The standard InChI is InChI=1S/C30H30N2O5/c1-20-27(33)24-9-6-10-25(29(24)37-28(20)22-7-4-3-5-8-22)30(34)31-19-26(32-15-17-36-18-16-32)21-11-13-23(35-2)14-12-21/h3-14,26H,15-19H2,1-2H3,(H,31,34). The first kappa shape index (κ1) is 24.7. The molecule has 4 aromatic rings. The molecule has 5 rings (SSSR count). The molecule has 1 amide bonds. The van der Waals surface area contributed by atoms with E-state index in [2.05, 4.69) is 10.2 Å². The number of ether oxygens (including phenoxy) is 2. The first-order valence-corrected chi connectivity index (χ1v) is 12.4. The molecule has 0 bridgehead atoms. The maximum absolute atomic E-state index is 13.5. The number of morpholine rings is 1. The number of para-hydroxylation sites is 1. The average molecular weight is 499 g/mol. The summed E-state index contributed by atoms with van der Waals surface area (Å²) in [7, 11) is 1.64. The van der Waals surface area contributed by atoms with E-state index in [9.17, 15) is 9.59 Å². The van der Waals surface area contributed by atoms with Crippen LogP contribution in [0.3, 0.4) is 0 Å². The minimum Gasteiger partial charge on any atom is -0.497 e. The zero-order chi connectivity index (χ0) is 25.8. The van der Waals surface area contributed by atoms with Crippen molar-refractivity contribution in [2.45, 2.75) is 13.0 Å². The molecule has 0 aliphatic carbocycles. The normalized spacial score (nSPS) is 14.9. The van der Waals surface area contributed by atoms with Crippen LogP contribution in [0.1, 0.15) is 27.5 Å². The van der Waals surface area contributed by atoms with Crippen LogP contribution in [0.4, 0.5) is 0 Å². The number of hydrogen-bond donors (Lipinski definition) is 1. The molecule has 0 spiro atoms. The molecule has 1 N–H and O–H groups in total. The second-order valence-electron chi connectivity index (χ2n) is 9.08. The molecule has 0 saturated carbocycles. The zero-order valence-electron chi connectivity index (χ0n) is 21.0. The zero-order valence-corrected chi connectivity index (χ0v) is 21.0. The fourth-order valence-electron chi connectivity index (χ4n) is 4.81. The average Bonchev–Trinajstić information content (AvgIpc) is 2.96. The Hall–Kier alpha value is -3.94. The highest BCUT2D eigenvalue weighted by Crippen LogP contribution is 2.28. The SMILES string of the molecule is COc1ccc(C(CNC(=O)c2cccc3c(=O)c(C)c(-c4ccccc4)oc23)N2CCOCC2)cc1. The largest absolute Gasteiger partial charge is 0.497 e. The van der Waals surface area contributed by atoms with Gasteiger partial charge in [-0.05, 0) is 36.8 Å². The van der Waals surface area contributed by atoms with Gasteiger partial charge in [-0.1, -0.05) is 48.5 Å². The van der Waals surface area contributed by atoms with Crippen LogP contribution in [-0.2, 0) is 4.74 Å². The third kappa shape index (κ3) is 5.14. The minimum absolute atomic E-state index is 0.0390. The molecule has 0 radical (unpaired) electrons. The topological polar surface area (TPSA) is 81.0 Å². The Morgan fingerprint density at radius 1 is 1.00 bits per heavy atom. The van der Waals surface area contributed by atoms with Gasteiger partial charge in [0, 0.05) is 30.8 Å². The molecule has 1 aromatic heterocycles. The lowest BCUT2D eigenvalue weighted by atomic mass is 10.0. The highest BCUT2D eigenvalue weighted by Gasteiger charge is 2.25. The van der Waals surface area contributed by atoms with Gasteiger partial charge in [0.05, 0.1) is 37.3 Å². The van der Waals surface area contributed by atoms with Crippen molar-refractivity contribution < 1.29 is 18.7 Å². The van der Waals surface area contributed by atoms with E-state index in [0.717, 1.165) is 30.0 Å². The van der Waals surface area contributed by atoms with Crippen molar-refractivity contribution in [3.63, 3.8) is 0 Å². The molecule has 2 heterocycles. The Bertz CT molecular complexity index is 1440. The lowest BCUT2D eigenvalue weighted by Gasteiger charge is -2.35. The predicted molar refractivity (Wildman–Crippen MR) is 143 cm³/mol. The van der Waals surface area contributed by atoms with Gasteiger partial charge < -0.3 is 19.2 Å². The van der Waals surface area contributed by atoms with Gasteiger partial charge in [0.2, 0.25) is 0 Å². The van der Waals surface area contributed by atoms with E-state index in [0.29, 0.717) is 47.6 Å². The number of hydrogen-bond acceptors (Lipinski definition) is 6. The van der Waals surface area contributed by atoms with Crippen molar-refractivity contribution in [1.29, 1.82) is 0 Å². The Morgan fingerprint density at radius 3 is 2.43 bits per heavy atom. The van der Waals surface area contributed by atoms with Crippen molar-refractivity contribution in [2.24, 2.45) is 0 Å². The number of methoxy groups -OCH3 is 1. The summed E-state index contributed by atoms with van der Waals surface area (Å²) in [4.78, 5) is 29.0. The molecular weight excluding hydrogens is 468 g/mol. The molecule has 1 fully saturated rings. The van der Waals surface area contributed by atoms with Crippen molar-refractivity contribution >= 4 is 16.9 Å². The van der Waals surface area contributed by atoms with E-state index >= 15 is 0 Å². The van der Waals surface area contributed by atoms with Gasteiger partial charge >= 0.3 is 0 Å². The summed E-state index contributed by atoms with van der Waals surface area (Å²) in [5, 5.41) is 3.49. The first-order valence-electron chi connectivity index (χ1n) is 12.4. The Kier molecular flexibility index (Phi) is 7.35. The molecule has 7 nitrogen and oxygen atoms in total. The number of benzene rings is 3. The summed E-state index contributed by atoms with van der Waals surface area (Å²) < 4.78 is 17.1. The predicted octanol–water partition coefficient (Wildman–Crippen LogP) is 4.58. The molecule has 1 aliphatic rings. The van der Waals surface area contributed by atoms with E-state index in [4.69, 9.17) is 13.9 Å². The van der Waals surface area contributed by atoms with Crippen LogP contribution in [-0.4, -0.2) is 50.8 Å². The minimum atomic E-state index is -0.289. The monoisotopic (exact) mass is 498 g/mol. The van der Waals surface area contributed by atoms with Crippen molar-refractivity contribution in [1.82, 2.24) is 10.2 Å². The second kappa shape index (κ2) is 11.0.